The molecule has 2 unspecified atom stereocenters. The van der Waals surface area contributed by atoms with Crippen molar-refractivity contribution in [3.8, 4) is 11.1 Å². The number of primary amides is 1. The molecule has 30 heavy (non-hydrogen) atoms. The number of rotatable bonds is 6. The van der Waals surface area contributed by atoms with Gasteiger partial charge in [0.2, 0.25) is 5.91 Å². The van der Waals surface area contributed by atoms with Gasteiger partial charge in [-0.15, -0.1) is 11.3 Å². The number of nitrogens with one attached hydrogen (secondary N) is 1. The van der Waals surface area contributed by atoms with Gasteiger partial charge in [-0.05, 0) is 32.5 Å². The lowest BCUT2D eigenvalue weighted by molar-refractivity contribution is -0.122. The van der Waals surface area contributed by atoms with Crippen LogP contribution in [0.5, 0.6) is 0 Å². The Morgan fingerprint density at radius 3 is 2.67 bits per heavy atom. The molecule has 0 radical (unpaired) electrons. The number of nitrogens with two attached hydrogens (primary N) is 1. The van der Waals surface area contributed by atoms with Crippen LogP contribution in [-0.2, 0) is 11.3 Å². The maximum Gasteiger partial charge on any atom is 0.222 e. The quantitative estimate of drug-likeness (QED) is 0.579. The molecule has 1 aliphatic rings. The van der Waals surface area contributed by atoms with Gasteiger partial charge in [0.1, 0.15) is 16.5 Å². The third kappa shape index (κ3) is 4.47. The van der Waals surface area contributed by atoms with Gasteiger partial charge in [-0.25, -0.2) is 9.97 Å². The lowest BCUT2D eigenvalue weighted by Gasteiger charge is -2.25. The van der Waals surface area contributed by atoms with Crippen molar-refractivity contribution < 1.29 is 4.79 Å². The molecule has 0 aliphatic heterocycles. The Morgan fingerprint density at radius 2 is 1.93 bits per heavy atom. The van der Waals surface area contributed by atoms with Crippen LogP contribution in [-0.4, -0.2) is 40.9 Å². The minimum Gasteiger partial charge on any atom is -0.369 e. The number of thiophene rings is 1. The van der Waals surface area contributed by atoms with Crippen LogP contribution in [0, 0.1) is 5.92 Å². The topological polar surface area (TPSA) is 84.1 Å². The van der Waals surface area contributed by atoms with Gasteiger partial charge in [0.25, 0.3) is 0 Å². The molecular weight excluding hydrogens is 394 g/mol. The molecule has 6 nitrogen and oxygen atoms in total. The minimum absolute atomic E-state index is 0.00108. The fourth-order valence-electron chi connectivity index (χ4n) is 4.27. The van der Waals surface area contributed by atoms with Gasteiger partial charge in [-0.2, -0.15) is 0 Å². The van der Waals surface area contributed by atoms with E-state index >= 15 is 0 Å². The number of anilines is 1. The van der Waals surface area contributed by atoms with Crippen LogP contribution in [0.2, 0.25) is 0 Å². The molecule has 2 atom stereocenters. The normalized spacial score (nSPS) is 19.7. The van der Waals surface area contributed by atoms with Crippen molar-refractivity contribution in [2.24, 2.45) is 11.7 Å². The minimum atomic E-state index is -0.221. The third-order valence-corrected chi connectivity index (χ3v) is 6.60. The van der Waals surface area contributed by atoms with E-state index in [1.807, 2.05) is 32.3 Å². The van der Waals surface area contributed by atoms with Crippen LogP contribution in [0.4, 0.5) is 5.82 Å². The third-order valence-electron chi connectivity index (χ3n) is 5.73. The molecular formula is C23H29N5OS. The molecule has 1 fully saturated rings. The molecule has 1 aromatic carbocycles. The van der Waals surface area contributed by atoms with Crippen LogP contribution < -0.4 is 11.1 Å². The highest BCUT2D eigenvalue weighted by molar-refractivity contribution is 7.17. The summed E-state index contributed by atoms with van der Waals surface area (Å²) in [6, 6.07) is 10.3. The van der Waals surface area contributed by atoms with Crippen molar-refractivity contribution in [2.75, 3.05) is 19.4 Å². The van der Waals surface area contributed by atoms with Crippen LogP contribution in [0.3, 0.4) is 0 Å². The summed E-state index contributed by atoms with van der Waals surface area (Å²) in [5, 5.41) is 6.82. The zero-order valence-electron chi connectivity index (χ0n) is 17.6. The number of carbonyl (C=O) groups excluding carboxylic acids is 1. The van der Waals surface area contributed by atoms with Crippen molar-refractivity contribution in [1.29, 1.82) is 0 Å². The molecule has 2 heterocycles. The number of benzene rings is 1. The summed E-state index contributed by atoms with van der Waals surface area (Å²) in [4.78, 5) is 24.9. The summed E-state index contributed by atoms with van der Waals surface area (Å²) in [7, 11) is 4.03. The van der Waals surface area contributed by atoms with Crippen LogP contribution in [0.1, 0.15) is 37.9 Å². The van der Waals surface area contributed by atoms with Gasteiger partial charge in [0.15, 0.2) is 0 Å². The molecule has 7 heteroatoms. The standard InChI is InChI=1S/C23H29N5OS/c1-28(2)13-19-26-22(25-18-12-8-4-7-11-16(18)21(24)29)20-17(14-30-23(20)27-19)15-9-5-3-6-10-15/h3,5-6,9-10,14,16,18H,4,7-8,11-13H2,1-2H3,(H2,24,29)(H,25,26,27). The van der Waals surface area contributed by atoms with E-state index < -0.39 is 0 Å². The highest BCUT2D eigenvalue weighted by atomic mass is 32.1. The molecule has 0 bridgehead atoms. The number of fused-ring (bicyclic) bond motifs is 1. The highest BCUT2D eigenvalue weighted by Gasteiger charge is 2.29. The predicted molar refractivity (Wildman–Crippen MR) is 123 cm³/mol. The summed E-state index contributed by atoms with van der Waals surface area (Å²) >= 11 is 1.64. The predicted octanol–water partition coefficient (Wildman–Crippen LogP) is 4.27. The zero-order valence-corrected chi connectivity index (χ0v) is 18.4. The second-order valence-corrected chi connectivity index (χ2v) is 9.18. The second kappa shape index (κ2) is 9.10. The van der Waals surface area contributed by atoms with E-state index in [1.165, 1.54) is 0 Å². The summed E-state index contributed by atoms with van der Waals surface area (Å²) in [5.41, 5.74) is 8.04. The molecule has 4 rings (SSSR count). The number of aromatic nitrogens is 2. The number of hydrogen-bond donors (Lipinski definition) is 2. The van der Waals surface area contributed by atoms with E-state index in [0.29, 0.717) is 6.54 Å². The van der Waals surface area contributed by atoms with Crippen LogP contribution in [0.15, 0.2) is 35.7 Å². The van der Waals surface area contributed by atoms with E-state index in [4.69, 9.17) is 15.7 Å². The van der Waals surface area contributed by atoms with Gasteiger partial charge in [-0.1, -0.05) is 49.6 Å². The Hall–Kier alpha value is -2.51. The van der Waals surface area contributed by atoms with Crippen molar-refractivity contribution in [1.82, 2.24) is 14.9 Å². The first kappa shape index (κ1) is 20.8. The Morgan fingerprint density at radius 1 is 1.17 bits per heavy atom. The second-order valence-electron chi connectivity index (χ2n) is 8.32. The maximum atomic E-state index is 12.2. The Labute approximate surface area is 181 Å². The SMILES string of the molecule is CN(C)Cc1nc(NC2CCCCCC2C(N)=O)c2c(-c3ccccc3)csc2n1. The van der Waals surface area contributed by atoms with Crippen molar-refractivity contribution in [2.45, 2.75) is 44.7 Å². The first-order valence-corrected chi connectivity index (χ1v) is 11.4. The first-order chi connectivity index (χ1) is 14.5. The molecule has 3 aromatic rings. The van der Waals surface area contributed by atoms with Crippen molar-refractivity contribution >= 4 is 33.3 Å². The highest BCUT2D eigenvalue weighted by Crippen LogP contribution is 2.38. The zero-order chi connectivity index (χ0) is 21.1. The van der Waals surface area contributed by atoms with Gasteiger partial charge in [0, 0.05) is 17.0 Å². The summed E-state index contributed by atoms with van der Waals surface area (Å²) < 4.78 is 0. The molecule has 0 saturated heterocycles. The van der Waals surface area contributed by atoms with E-state index in [0.717, 1.165) is 65.1 Å². The number of amides is 1. The monoisotopic (exact) mass is 423 g/mol. The largest absolute Gasteiger partial charge is 0.369 e. The van der Waals surface area contributed by atoms with E-state index in [-0.39, 0.29) is 17.9 Å². The van der Waals surface area contributed by atoms with Gasteiger partial charge in [-0.3, -0.25) is 4.79 Å². The summed E-state index contributed by atoms with van der Waals surface area (Å²) in [5.74, 6) is 1.20. The van der Waals surface area contributed by atoms with E-state index in [2.05, 4.69) is 27.7 Å². The average Bonchev–Trinajstić information content (AvgIpc) is 3.00. The molecule has 1 aliphatic carbocycles. The van der Waals surface area contributed by atoms with E-state index in [1.54, 1.807) is 11.3 Å². The number of nitrogens with zero attached hydrogens (tertiary/aromatic N) is 3. The van der Waals surface area contributed by atoms with E-state index in [9.17, 15) is 4.79 Å². The fourth-order valence-corrected chi connectivity index (χ4v) is 5.24. The molecule has 158 valence electrons. The van der Waals surface area contributed by atoms with Crippen LogP contribution >= 0.6 is 11.3 Å². The van der Waals surface area contributed by atoms with Crippen molar-refractivity contribution in [3.05, 3.63) is 41.5 Å². The first-order valence-electron chi connectivity index (χ1n) is 10.6. The Kier molecular flexibility index (Phi) is 6.29. The number of hydrogen-bond acceptors (Lipinski definition) is 6. The van der Waals surface area contributed by atoms with Crippen molar-refractivity contribution in [3.63, 3.8) is 0 Å². The van der Waals surface area contributed by atoms with Gasteiger partial charge in [0.05, 0.1) is 17.8 Å². The van der Waals surface area contributed by atoms with Crippen LogP contribution in [0.25, 0.3) is 21.3 Å². The maximum absolute atomic E-state index is 12.2. The summed E-state index contributed by atoms with van der Waals surface area (Å²) in [6.07, 6.45) is 5.04. The summed E-state index contributed by atoms with van der Waals surface area (Å²) in [6.45, 7) is 0.660. The average molecular weight is 424 g/mol. The molecule has 1 saturated carbocycles. The number of carbonyl (C=O) groups is 1. The van der Waals surface area contributed by atoms with Gasteiger partial charge < -0.3 is 16.0 Å². The Bertz CT molecular complexity index is 1020. The fraction of sp³-hybridized carbons (Fsp3) is 0.435. The lowest BCUT2D eigenvalue weighted by Crippen LogP contribution is -2.38. The smallest absolute Gasteiger partial charge is 0.222 e. The van der Waals surface area contributed by atoms with Gasteiger partial charge >= 0.3 is 0 Å². The molecule has 0 spiro atoms. The molecule has 2 aromatic heterocycles. The Balaban J connectivity index is 1.80. The molecule has 3 N–H and O–H groups in total. The molecule has 1 amide bonds. The lowest BCUT2D eigenvalue weighted by atomic mass is 9.94.